The first kappa shape index (κ1) is 18.2. The normalized spacial score (nSPS) is 10.4. The van der Waals surface area contributed by atoms with E-state index in [2.05, 4.69) is 26.9 Å². The van der Waals surface area contributed by atoms with Gasteiger partial charge in [0.25, 0.3) is 0 Å². The molecule has 0 unspecified atom stereocenters. The highest BCUT2D eigenvalue weighted by molar-refractivity contribution is 7.15. The molecule has 0 saturated carbocycles. The summed E-state index contributed by atoms with van der Waals surface area (Å²) in [7, 11) is 0. The van der Waals surface area contributed by atoms with E-state index in [1.807, 2.05) is 26.0 Å². The number of ether oxygens (including phenoxy) is 1. The highest BCUT2D eigenvalue weighted by Gasteiger charge is 2.09. The Labute approximate surface area is 160 Å². The Balaban J connectivity index is 1.55. The average molecular weight is 389 g/mol. The minimum atomic E-state index is -0.412. The average Bonchev–Trinajstić information content (AvgIpc) is 2.99. The summed E-state index contributed by atoms with van der Waals surface area (Å²) in [5.74, 6) is 0.783. The van der Waals surface area contributed by atoms with Crippen molar-refractivity contribution >= 4 is 39.8 Å². The number of carbonyl (C=O) groups excluding carboxylic acids is 1. The van der Waals surface area contributed by atoms with Crippen LogP contribution in [0.25, 0.3) is 0 Å². The number of anilines is 2. The number of aryl methyl sites for hydroxylation is 2. The Kier molecular flexibility index (Phi) is 5.70. The number of hydrogen-bond acceptors (Lipinski definition) is 5. The molecule has 0 aliphatic carbocycles. The van der Waals surface area contributed by atoms with Gasteiger partial charge in [0.05, 0.1) is 0 Å². The zero-order valence-electron chi connectivity index (χ0n) is 14.2. The van der Waals surface area contributed by atoms with Crippen LogP contribution in [0.3, 0.4) is 0 Å². The lowest BCUT2D eigenvalue weighted by atomic mass is 10.1. The SMILES string of the molecule is Cc1cc(C)cc(OCc2nnc(NC(=O)Nc3cccc(Cl)c3)s2)c1. The minimum absolute atomic E-state index is 0.290. The van der Waals surface area contributed by atoms with Crippen LogP contribution in [0.2, 0.25) is 5.02 Å². The third kappa shape index (κ3) is 5.18. The molecule has 0 atom stereocenters. The number of nitrogens with zero attached hydrogens (tertiary/aromatic N) is 2. The van der Waals surface area contributed by atoms with Gasteiger partial charge in [-0.15, -0.1) is 10.2 Å². The monoisotopic (exact) mass is 388 g/mol. The molecule has 0 bridgehead atoms. The van der Waals surface area contributed by atoms with Crippen molar-refractivity contribution in [2.24, 2.45) is 0 Å². The maximum Gasteiger partial charge on any atom is 0.325 e. The van der Waals surface area contributed by atoms with Crippen LogP contribution in [0, 0.1) is 13.8 Å². The predicted molar refractivity (Wildman–Crippen MR) is 104 cm³/mol. The summed E-state index contributed by atoms with van der Waals surface area (Å²) < 4.78 is 5.75. The molecule has 1 heterocycles. The van der Waals surface area contributed by atoms with Crippen molar-refractivity contribution in [3.8, 4) is 5.75 Å². The van der Waals surface area contributed by atoms with E-state index in [9.17, 15) is 4.79 Å². The molecule has 1 aromatic heterocycles. The van der Waals surface area contributed by atoms with Crippen molar-refractivity contribution in [3.63, 3.8) is 0 Å². The number of hydrogen-bond donors (Lipinski definition) is 2. The number of amides is 2. The molecule has 8 heteroatoms. The van der Waals surface area contributed by atoms with Crippen LogP contribution in [-0.4, -0.2) is 16.2 Å². The fourth-order valence-corrected chi connectivity index (χ4v) is 3.19. The molecule has 2 amide bonds. The van der Waals surface area contributed by atoms with Gasteiger partial charge in [0, 0.05) is 10.7 Å². The smallest absolute Gasteiger partial charge is 0.325 e. The van der Waals surface area contributed by atoms with E-state index < -0.39 is 6.03 Å². The van der Waals surface area contributed by atoms with Crippen molar-refractivity contribution in [1.29, 1.82) is 0 Å². The molecule has 0 spiro atoms. The van der Waals surface area contributed by atoms with Crippen LogP contribution < -0.4 is 15.4 Å². The van der Waals surface area contributed by atoms with Gasteiger partial charge in [-0.1, -0.05) is 35.1 Å². The molecule has 6 nitrogen and oxygen atoms in total. The third-order valence-corrected chi connectivity index (χ3v) is 4.37. The summed E-state index contributed by atoms with van der Waals surface area (Å²) in [4.78, 5) is 12.0. The van der Waals surface area contributed by atoms with Gasteiger partial charge >= 0.3 is 6.03 Å². The fraction of sp³-hybridized carbons (Fsp3) is 0.167. The summed E-state index contributed by atoms with van der Waals surface area (Å²) in [5.41, 5.74) is 2.87. The van der Waals surface area contributed by atoms with E-state index in [4.69, 9.17) is 16.3 Å². The maximum atomic E-state index is 12.0. The first-order valence-corrected chi connectivity index (χ1v) is 9.04. The predicted octanol–water partition coefficient (Wildman–Crippen LogP) is 5.03. The molecule has 0 saturated heterocycles. The van der Waals surface area contributed by atoms with E-state index in [0.717, 1.165) is 16.9 Å². The summed E-state index contributed by atoms with van der Waals surface area (Å²) in [5, 5.41) is 14.9. The summed E-state index contributed by atoms with van der Waals surface area (Å²) in [6.45, 7) is 4.33. The lowest BCUT2D eigenvalue weighted by Crippen LogP contribution is -2.19. The van der Waals surface area contributed by atoms with Gasteiger partial charge in [-0.05, 0) is 55.3 Å². The van der Waals surface area contributed by atoms with Crippen molar-refractivity contribution in [3.05, 3.63) is 63.6 Å². The molecule has 26 heavy (non-hydrogen) atoms. The van der Waals surface area contributed by atoms with E-state index in [1.165, 1.54) is 11.3 Å². The second kappa shape index (κ2) is 8.16. The number of nitrogens with one attached hydrogen (secondary N) is 2. The third-order valence-electron chi connectivity index (χ3n) is 3.33. The Hall–Kier alpha value is -2.64. The lowest BCUT2D eigenvalue weighted by molar-refractivity contribution is 0.262. The van der Waals surface area contributed by atoms with Crippen LogP contribution >= 0.6 is 22.9 Å². The van der Waals surface area contributed by atoms with Gasteiger partial charge in [0.1, 0.15) is 12.4 Å². The molecule has 0 aliphatic heterocycles. The maximum absolute atomic E-state index is 12.0. The number of aromatic nitrogens is 2. The van der Waals surface area contributed by atoms with Gasteiger partial charge in [0.15, 0.2) is 5.01 Å². The molecule has 2 N–H and O–H groups in total. The van der Waals surface area contributed by atoms with Crippen LogP contribution in [-0.2, 0) is 6.61 Å². The fourth-order valence-electron chi connectivity index (χ4n) is 2.35. The van der Waals surface area contributed by atoms with Crippen molar-refractivity contribution < 1.29 is 9.53 Å². The van der Waals surface area contributed by atoms with E-state index in [1.54, 1.807) is 24.3 Å². The highest BCUT2D eigenvalue weighted by Crippen LogP contribution is 2.21. The van der Waals surface area contributed by atoms with Gasteiger partial charge < -0.3 is 10.1 Å². The molecule has 3 rings (SSSR count). The van der Waals surface area contributed by atoms with E-state index in [0.29, 0.717) is 20.8 Å². The molecule has 0 radical (unpaired) electrons. The number of halogens is 1. The second-order valence-electron chi connectivity index (χ2n) is 5.70. The van der Waals surface area contributed by atoms with Crippen molar-refractivity contribution in [2.45, 2.75) is 20.5 Å². The number of urea groups is 1. The largest absolute Gasteiger partial charge is 0.486 e. The molecule has 0 fully saturated rings. The molecular formula is C18H17ClN4O2S. The topological polar surface area (TPSA) is 76.1 Å². The number of benzene rings is 2. The van der Waals surface area contributed by atoms with Gasteiger partial charge in [-0.25, -0.2) is 4.79 Å². The van der Waals surface area contributed by atoms with Gasteiger partial charge in [-0.3, -0.25) is 5.32 Å². The van der Waals surface area contributed by atoms with Crippen LogP contribution in [0.1, 0.15) is 16.1 Å². The molecule has 2 aromatic carbocycles. The molecular weight excluding hydrogens is 372 g/mol. The Morgan fingerprint density at radius 3 is 2.62 bits per heavy atom. The van der Waals surface area contributed by atoms with Crippen LogP contribution in [0.5, 0.6) is 5.75 Å². The lowest BCUT2D eigenvalue weighted by Gasteiger charge is -2.06. The Bertz CT molecular complexity index is 909. The van der Waals surface area contributed by atoms with Gasteiger partial charge in [0.2, 0.25) is 5.13 Å². The van der Waals surface area contributed by atoms with Crippen molar-refractivity contribution in [2.75, 3.05) is 10.6 Å². The zero-order chi connectivity index (χ0) is 18.5. The standard InChI is InChI=1S/C18H17ClN4O2S/c1-11-6-12(2)8-15(7-11)25-10-16-22-23-18(26-16)21-17(24)20-14-5-3-4-13(19)9-14/h3-9H,10H2,1-2H3,(H2,20,21,23,24). The van der Waals surface area contributed by atoms with Crippen molar-refractivity contribution in [1.82, 2.24) is 10.2 Å². The Morgan fingerprint density at radius 2 is 1.88 bits per heavy atom. The second-order valence-corrected chi connectivity index (χ2v) is 7.20. The summed E-state index contributed by atoms with van der Waals surface area (Å²) >= 11 is 7.15. The zero-order valence-corrected chi connectivity index (χ0v) is 15.8. The van der Waals surface area contributed by atoms with Crippen LogP contribution in [0.15, 0.2) is 42.5 Å². The summed E-state index contributed by atoms with van der Waals surface area (Å²) in [6, 6.07) is 12.5. The molecule has 0 aliphatic rings. The summed E-state index contributed by atoms with van der Waals surface area (Å²) in [6.07, 6.45) is 0. The number of carbonyl (C=O) groups is 1. The first-order valence-electron chi connectivity index (χ1n) is 7.85. The molecule has 3 aromatic rings. The molecule has 134 valence electrons. The number of rotatable bonds is 5. The van der Waals surface area contributed by atoms with Crippen LogP contribution in [0.4, 0.5) is 15.6 Å². The first-order chi connectivity index (χ1) is 12.5. The quantitative estimate of drug-likeness (QED) is 0.642. The highest BCUT2D eigenvalue weighted by atomic mass is 35.5. The Morgan fingerprint density at radius 1 is 1.12 bits per heavy atom. The minimum Gasteiger partial charge on any atom is -0.486 e. The van der Waals surface area contributed by atoms with Gasteiger partial charge in [-0.2, -0.15) is 0 Å². The van der Waals surface area contributed by atoms with E-state index in [-0.39, 0.29) is 6.61 Å². The van der Waals surface area contributed by atoms with E-state index >= 15 is 0 Å².